The minimum absolute atomic E-state index is 0.119. The van der Waals surface area contributed by atoms with Crippen LogP contribution < -0.4 is 5.32 Å². The van der Waals surface area contributed by atoms with Crippen molar-refractivity contribution in [2.75, 3.05) is 39.3 Å². The zero-order chi connectivity index (χ0) is 20.8. The maximum atomic E-state index is 12.5. The second kappa shape index (κ2) is 10.4. The second-order valence-corrected chi connectivity index (χ2v) is 8.75. The Labute approximate surface area is 178 Å². The summed E-state index contributed by atoms with van der Waals surface area (Å²) in [5.41, 5.74) is 0.550. The normalized spacial score (nSPS) is 23.8. The van der Waals surface area contributed by atoms with Crippen LogP contribution in [-0.2, 0) is 9.53 Å². The summed E-state index contributed by atoms with van der Waals surface area (Å²) in [6, 6.07) is 6.73. The van der Waals surface area contributed by atoms with Crippen molar-refractivity contribution >= 4 is 23.4 Å². The van der Waals surface area contributed by atoms with Crippen molar-refractivity contribution in [3.8, 4) is 0 Å². The molecule has 2 atom stereocenters. The molecule has 0 aliphatic carbocycles. The minimum atomic E-state index is -0.179. The van der Waals surface area contributed by atoms with Gasteiger partial charge in [0.1, 0.15) is 0 Å². The van der Waals surface area contributed by atoms with Crippen molar-refractivity contribution < 1.29 is 14.3 Å². The lowest BCUT2D eigenvalue weighted by atomic mass is 9.95. The molecule has 2 aliphatic rings. The lowest BCUT2D eigenvalue weighted by Gasteiger charge is -2.39. The maximum absolute atomic E-state index is 12.5. The van der Waals surface area contributed by atoms with E-state index < -0.39 is 0 Å². The number of morpholine rings is 1. The van der Waals surface area contributed by atoms with Gasteiger partial charge in [-0.1, -0.05) is 11.6 Å². The van der Waals surface area contributed by atoms with E-state index in [1.54, 1.807) is 24.3 Å². The number of hydrogen-bond acceptors (Lipinski definition) is 4. The van der Waals surface area contributed by atoms with Crippen LogP contribution in [0.5, 0.6) is 0 Å². The van der Waals surface area contributed by atoms with Gasteiger partial charge in [0.05, 0.1) is 12.2 Å². The largest absolute Gasteiger partial charge is 0.373 e. The molecule has 1 aromatic carbocycles. The lowest BCUT2D eigenvalue weighted by Crippen LogP contribution is -2.48. The molecule has 1 aromatic rings. The van der Waals surface area contributed by atoms with Gasteiger partial charge in [-0.05, 0) is 56.9 Å². The third-order valence-electron chi connectivity index (χ3n) is 5.71. The molecule has 160 valence electrons. The molecule has 2 unspecified atom stereocenters. The molecule has 0 bridgehead atoms. The summed E-state index contributed by atoms with van der Waals surface area (Å²) in [5, 5.41) is 3.41. The molecule has 0 radical (unpaired) electrons. The van der Waals surface area contributed by atoms with Crippen LogP contribution in [0.1, 0.15) is 43.5 Å². The number of piperidine rings is 1. The Morgan fingerprint density at radius 3 is 2.34 bits per heavy atom. The van der Waals surface area contributed by atoms with E-state index in [1.807, 2.05) is 4.90 Å². The summed E-state index contributed by atoms with van der Waals surface area (Å²) in [5.74, 6) is 0.580. The van der Waals surface area contributed by atoms with Gasteiger partial charge in [-0.15, -0.1) is 0 Å². The van der Waals surface area contributed by atoms with Crippen LogP contribution >= 0.6 is 11.6 Å². The van der Waals surface area contributed by atoms with Crippen LogP contribution in [0.15, 0.2) is 24.3 Å². The van der Waals surface area contributed by atoms with Gasteiger partial charge in [0.2, 0.25) is 5.91 Å². The van der Waals surface area contributed by atoms with Crippen molar-refractivity contribution in [1.29, 1.82) is 0 Å². The number of carbonyl (C=O) groups is 2. The zero-order valence-electron chi connectivity index (χ0n) is 17.4. The van der Waals surface area contributed by atoms with Gasteiger partial charge in [0, 0.05) is 56.3 Å². The number of nitrogens with zero attached hydrogens (tertiary/aromatic N) is 2. The average Bonchev–Trinajstić information content (AvgIpc) is 2.68. The predicted octanol–water partition coefficient (Wildman–Crippen LogP) is 2.81. The van der Waals surface area contributed by atoms with Gasteiger partial charge < -0.3 is 15.0 Å². The number of amides is 2. The highest BCUT2D eigenvalue weighted by Crippen LogP contribution is 2.21. The average molecular weight is 422 g/mol. The second-order valence-electron chi connectivity index (χ2n) is 8.31. The van der Waals surface area contributed by atoms with Crippen LogP contribution in [0.3, 0.4) is 0 Å². The van der Waals surface area contributed by atoms with Crippen molar-refractivity contribution in [2.45, 2.75) is 45.3 Å². The van der Waals surface area contributed by atoms with Gasteiger partial charge in [-0.2, -0.15) is 0 Å². The highest BCUT2D eigenvalue weighted by atomic mass is 35.5. The standard InChI is InChI=1S/C22H32ClN3O3/c1-16-13-25(14-17(2)29-16)15-18-8-11-26(12-9-18)21(27)7-10-24-22(28)19-3-5-20(23)6-4-19/h3-6,16-18H,7-15H2,1-2H3,(H,24,28). The summed E-state index contributed by atoms with van der Waals surface area (Å²) in [7, 11) is 0. The van der Waals surface area contributed by atoms with E-state index >= 15 is 0 Å². The SMILES string of the molecule is CC1CN(CC2CCN(C(=O)CCNC(=O)c3ccc(Cl)cc3)CC2)CC(C)O1. The zero-order valence-corrected chi connectivity index (χ0v) is 18.2. The quantitative estimate of drug-likeness (QED) is 0.767. The van der Waals surface area contributed by atoms with Gasteiger partial charge in [-0.3, -0.25) is 14.5 Å². The molecule has 0 saturated carbocycles. The number of halogens is 1. The third kappa shape index (κ3) is 6.69. The first-order valence-corrected chi connectivity index (χ1v) is 11.0. The minimum Gasteiger partial charge on any atom is -0.373 e. The smallest absolute Gasteiger partial charge is 0.251 e. The Morgan fingerprint density at radius 2 is 1.72 bits per heavy atom. The topological polar surface area (TPSA) is 61.9 Å². The Balaban J connectivity index is 1.34. The van der Waals surface area contributed by atoms with Crippen molar-refractivity contribution in [2.24, 2.45) is 5.92 Å². The molecule has 2 aliphatic heterocycles. The molecular formula is C22H32ClN3O3. The molecule has 29 heavy (non-hydrogen) atoms. The number of ether oxygens (including phenoxy) is 1. The molecule has 0 spiro atoms. The van der Waals surface area contributed by atoms with Crippen LogP contribution in [0.4, 0.5) is 0 Å². The third-order valence-corrected chi connectivity index (χ3v) is 5.96. The molecule has 0 aromatic heterocycles. The van der Waals surface area contributed by atoms with Crippen molar-refractivity contribution in [3.05, 3.63) is 34.9 Å². The van der Waals surface area contributed by atoms with E-state index in [4.69, 9.17) is 16.3 Å². The van der Waals surface area contributed by atoms with Crippen LogP contribution in [-0.4, -0.2) is 73.1 Å². The van der Waals surface area contributed by atoms with Crippen molar-refractivity contribution in [1.82, 2.24) is 15.1 Å². The number of carbonyl (C=O) groups excluding carboxylic acids is 2. The van der Waals surface area contributed by atoms with Gasteiger partial charge in [0.15, 0.2) is 0 Å². The fourth-order valence-corrected chi connectivity index (χ4v) is 4.43. The summed E-state index contributed by atoms with van der Waals surface area (Å²) in [4.78, 5) is 29.0. The molecule has 2 saturated heterocycles. The van der Waals surface area contributed by atoms with Crippen LogP contribution in [0.25, 0.3) is 0 Å². The molecule has 6 nitrogen and oxygen atoms in total. The Kier molecular flexibility index (Phi) is 7.92. The van der Waals surface area contributed by atoms with E-state index in [-0.39, 0.29) is 11.8 Å². The number of nitrogens with one attached hydrogen (secondary N) is 1. The fourth-order valence-electron chi connectivity index (χ4n) is 4.31. The molecule has 7 heteroatoms. The first-order chi connectivity index (χ1) is 13.9. The van der Waals surface area contributed by atoms with Crippen LogP contribution in [0.2, 0.25) is 5.02 Å². The molecule has 2 heterocycles. The van der Waals surface area contributed by atoms with E-state index in [9.17, 15) is 9.59 Å². The maximum Gasteiger partial charge on any atom is 0.251 e. The summed E-state index contributed by atoms with van der Waals surface area (Å²) in [6.07, 6.45) is 3.01. The Morgan fingerprint density at radius 1 is 1.10 bits per heavy atom. The first-order valence-electron chi connectivity index (χ1n) is 10.6. The molecular weight excluding hydrogens is 390 g/mol. The first kappa shape index (κ1) is 22.1. The highest BCUT2D eigenvalue weighted by Gasteiger charge is 2.27. The molecule has 1 N–H and O–H groups in total. The van der Waals surface area contributed by atoms with E-state index in [0.29, 0.717) is 41.7 Å². The summed E-state index contributed by atoms with van der Waals surface area (Å²) in [6.45, 7) is 9.33. The molecule has 2 amide bonds. The summed E-state index contributed by atoms with van der Waals surface area (Å²) >= 11 is 5.84. The van der Waals surface area contributed by atoms with Gasteiger partial charge >= 0.3 is 0 Å². The number of hydrogen-bond donors (Lipinski definition) is 1. The Hall–Kier alpha value is -1.63. The number of rotatable bonds is 6. The van der Waals surface area contributed by atoms with E-state index in [0.717, 1.165) is 45.6 Å². The molecule has 2 fully saturated rings. The number of likely N-dealkylation sites (tertiary alicyclic amines) is 1. The van der Waals surface area contributed by atoms with E-state index in [1.165, 1.54) is 0 Å². The monoisotopic (exact) mass is 421 g/mol. The van der Waals surface area contributed by atoms with Crippen LogP contribution in [0, 0.1) is 5.92 Å². The Bertz CT molecular complexity index is 679. The van der Waals surface area contributed by atoms with Gasteiger partial charge in [-0.25, -0.2) is 0 Å². The van der Waals surface area contributed by atoms with Gasteiger partial charge in [0.25, 0.3) is 5.91 Å². The predicted molar refractivity (Wildman–Crippen MR) is 114 cm³/mol. The highest BCUT2D eigenvalue weighted by molar-refractivity contribution is 6.30. The van der Waals surface area contributed by atoms with E-state index in [2.05, 4.69) is 24.1 Å². The lowest BCUT2D eigenvalue weighted by molar-refractivity contribution is -0.132. The molecule has 3 rings (SSSR count). The fraction of sp³-hybridized carbons (Fsp3) is 0.636. The number of benzene rings is 1. The summed E-state index contributed by atoms with van der Waals surface area (Å²) < 4.78 is 5.81. The van der Waals surface area contributed by atoms with Crippen molar-refractivity contribution in [3.63, 3.8) is 0 Å².